The number of benzene rings is 2. The van der Waals surface area contributed by atoms with Crippen molar-refractivity contribution >= 4 is 6.03 Å². The molecule has 0 radical (unpaired) electrons. The van der Waals surface area contributed by atoms with Crippen LogP contribution in [0.5, 0.6) is 5.75 Å². The number of hydrogen-bond acceptors (Lipinski definition) is 3. The first-order valence-electron chi connectivity index (χ1n) is 8.10. The standard InChI is InChI=1S/C19H22N2O3/c1-19(23,14-7-3-2-4-8-14)13-20-18(22)21-16-11-12-24-17-10-6-5-9-15(16)17/h2-10,16,23H,11-13H2,1H3,(H2,20,21,22). The molecule has 1 aliphatic rings. The molecule has 5 nitrogen and oxygen atoms in total. The number of nitrogens with one attached hydrogen (secondary N) is 2. The third-order valence-electron chi connectivity index (χ3n) is 4.25. The number of carbonyl (C=O) groups is 1. The van der Waals surface area contributed by atoms with Gasteiger partial charge in [-0.15, -0.1) is 0 Å². The molecule has 0 bridgehead atoms. The number of ether oxygens (including phenoxy) is 1. The predicted molar refractivity (Wildman–Crippen MR) is 91.8 cm³/mol. The van der Waals surface area contributed by atoms with Gasteiger partial charge in [0, 0.05) is 12.0 Å². The SMILES string of the molecule is CC(O)(CNC(=O)NC1CCOc2ccccc21)c1ccccc1. The predicted octanol–water partition coefficient (Wildman–Crippen LogP) is 2.72. The molecular weight excluding hydrogens is 304 g/mol. The summed E-state index contributed by atoms with van der Waals surface area (Å²) in [6, 6.07) is 16.6. The Kier molecular flexibility index (Phi) is 4.71. The minimum Gasteiger partial charge on any atom is -0.493 e. The summed E-state index contributed by atoms with van der Waals surface area (Å²) < 4.78 is 5.60. The van der Waals surface area contributed by atoms with Crippen LogP contribution in [0.3, 0.4) is 0 Å². The molecule has 1 aliphatic heterocycles. The summed E-state index contributed by atoms with van der Waals surface area (Å²) in [6.45, 7) is 2.39. The average Bonchev–Trinajstić information content (AvgIpc) is 2.61. The van der Waals surface area contributed by atoms with Gasteiger partial charge in [-0.3, -0.25) is 0 Å². The Morgan fingerprint density at radius 3 is 2.71 bits per heavy atom. The summed E-state index contributed by atoms with van der Waals surface area (Å²) in [5.74, 6) is 0.810. The number of amides is 2. The Hall–Kier alpha value is -2.53. The van der Waals surface area contributed by atoms with Crippen LogP contribution in [0.4, 0.5) is 4.79 Å². The van der Waals surface area contributed by atoms with Crippen LogP contribution in [0.1, 0.15) is 30.5 Å². The van der Waals surface area contributed by atoms with Crippen molar-refractivity contribution in [3.8, 4) is 5.75 Å². The lowest BCUT2D eigenvalue weighted by atomic mass is 9.96. The van der Waals surface area contributed by atoms with Gasteiger partial charge in [0.2, 0.25) is 0 Å². The molecule has 2 aromatic carbocycles. The van der Waals surface area contributed by atoms with Crippen molar-refractivity contribution in [2.45, 2.75) is 25.0 Å². The normalized spacial score (nSPS) is 18.7. The Balaban J connectivity index is 1.59. The van der Waals surface area contributed by atoms with Crippen molar-refractivity contribution in [3.63, 3.8) is 0 Å². The fourth-order valence-corrected chi connectivity index (χ4v) is 2.85. The van der Waals surface area contributed by atoms with Crippen molar-refractivity contribution in [2.75, 3.05) is 13.2 Å². The van der Waals surface area contributed by atoms with Crippen LogP contribution in [0.2, 0.25) is 0 Å². The van der Waals surface area contributed by atoms with Gasteiger partial charge in [0.25, 0.3) is 0 Å². The van der Waals surface area contributed by atoms with Crippen molar-refractivity contribution < 1.29 is 14.6 Å². The molecule has 2 unspecified atom stereocenters. The zero-order valence-corrected chi connectivity index (χ0v) is 13.7. The second-order valence-corrected chi connectivity index (χ2v) is 6.19. The van der Waals surface area contributed by atoms with Crippen molar-refractivity contribution in [3.05, 3.63) is 65.7 Å². The molecule has 2 atom stereocenters. The van der Waals surface area contributed by atoms with Gasteiger partial charge >= 0.3 is 6.03 Å². The molecular formula is C19H22N2O3. The highest BCUT2D eigenvalue weighted by Crippen LogP contribution is 2.31. The van der Waals surface area contributed by atoms with Crippen molar-refractivity contribution in [1.82, 2.24) is 10.6 Å². The van der Waals surface area contributed by atoms with Crippen LogP contribution in [0.25, 0.3) is 0 Å². The lowest BCUT2D eigenvalue weighted by Crippen LogP contribution is -2.45. The number of fused-ring (bicyclic) bond motifs is 1. The molecule has 0 aromatic heterocycles. The Bertz CT molecular complexity index is 701. The fraction of sp³-hybridized carbons (Fsp3) is 0.316. The third kappa shape index (κ3) is 3.68. The molecule has 0 aliphatic carbocycles. The van der Waals surface area contributed by atoms with Crippen molar-refractivity contribution in [1.29, 1.82) is 0 Å². The molecule has 3 N–H and O–H groups in total. The number of urea groups is 1. The second kappa shape index (κ2) is 6.93. The first-order chi connectivity index (χ1) is 11.6. The Morgan fingerprint density at radius 2 is 1.92 bits per heavy atom. The highest BCUT2D eigenvalue weighted by molar-refractivity contribution is 5.74. The van der Waals surface area contributed by atoms with E-state index in [9.17, 15) is 9.90 Å². The monoisotopic (exact) mass is 326 g/mol. The van der Waals surface area contributed by atoms with E-state index in [1.165, 1.54) is 0 Å². The molecule has 0 spiro atoms. The molecule has 3 rings (SSSR count). The van der Waals surface area contributed by atoms with E-state index in [-0.39, 0.29) is 18.6 Å². The van der Waals surface area contributed by atoms with Crippen LogP contribution in [-0.2, 0) is 5.60 Å². The molecule has 126 valence electrons. The topological polar surface area (TPSA) is 70.6 Å². The fourth-order valence-electron chi connectivity index (χ4n) is 2.85. The van der Waals surface area contributed by atoms with E-state index in [1.54, 1.807) is 6.92 Å². The molecule has 2 amide bonds. The van der Waals surface area contributed by atoms with Gasteiger partial charge in [-0.25, -0.2) is 4.79 Å². The highest BCUT2D eigenvalue weighted by atomic mass is 16.5. The maximum absolute atomic E-state index is 12.2. The van der Waals surface area contributed by atoms with Gasteiger partial charge in [0.1, 0.15) is 11.4 Å². The Morgan fingerprint density at radius 1 is 1.21 bits per heavy atom. The van der Waals surface area contributed by atoms with Crippen LogP contribution in [-0.4, -0.2) is 24.3 Å². The van der Waals surface area contributed by atoms with E-state index in [0.717, 1.165) is 23.3 Å². The second-order valence-electron chi connectivity index (χ2n) is 6.19. The van der Waals surface area contributed by atoms with Gasteiger partial charge in [-0.1, -0.05) is 48.5 Å². The smallest absolute Gasteiger partial charge is 0.315 e. The number of carbonyl (C=O) groups excluding carboxylic acids is 1. The summed E-state index contributed by atoms with van der Waals surface area (Å²) in [4.78, 5) is 12.2. The third-order valence-corrected chi connectivity index (χ3v) is 4.25. The number of aliphatic hydroxyl groups is 1. The maximum Gasteiger partial charge on any atom is 0.315 e. The molecule has 5 heteroatoms. The summed E-state index contributed by atoms with van der Waals surface area (Å²) in [7, 11) is 0. The number of hydrogen-bond donors (Lipinski definition) is 3. The summed E-state index contributed by atoms with van der Waals surface area (Å²) in [6.07, 6.45) is 0.722. The quantitative estimate of drug-likeness (QED) is 0.809. The van der Waals surface area contributed by atoms with Gasteiger partial charge in [0.05, 0.1) is 19.2 Å². The summed E-state index contributed by atoms with van der Waals surface area (Å²) in [5, 5.41) is 16.3. The lowest BCUT2D eigenvalue weighted by molar-refractivity contribution is 0.0592. The minimum atomic E-state index is -1.12. The van der Waals surface area contributed by atoms with E-state index < -0.39 is 5.60 Å². The summed E-state index contributed by atoms with van der Waals surface area (Å²) in [5.41, 5.74) is 0.627. The van der Waals surface area contributed by atoms with Crippen LogP contribution < -0.4 is 15.4 Å². The van der Waals surface area contributed by atoms with Crippen LogP contribution in [0.15, 0.2) is 54.6 Å². The first kappa shape index (κ1) is 16.3. The van der Waals surface area contributed by atoms with E-state index in [1.807, 2.05) is 54.6 Å². The van der Waals surface area contributed by atoms with Gasteiger partial charge < -0.3 is 20.5 Å². The van der Waals surface area contributed by atoms with Crippen molar-refractivity contribution in [2.24, 2.45) is 0 Å². The number of rotatable bonds is 4. The maximum atomic E-state index is 12.2. The van der Waals surface area contributed by atoms with E-state index in [0.29, 0.717) is 6.61 Å². The Labute approximate surface area is 141 Å². The molecule has 0 saturated carbocycles. The van der Waals surface area contributed by atoms with Crippen LogP contribution in [0, 0.1) is 0 Å². The molecule has 1 heterocycles. The zero-order chi connectivity index (χ0) is 17.0. The largest absolute Gasteiger partial charge is 0.493 e. The van der Waals surface area contributed by atoms with E-state index in [2.05, 4.69) is 10.6 Å². The first-order valence-corrected chi connectivity index (χ1v) is 8.10. The average molecular weight is 326 g/mol. The van der Waals surface area contributed by atoms with Gasteiger partial charge in [-0.05, 0) is 18.6 Å². The summed E-state index contributed by atoms with van der Waals surface area (Å²) >= 11 is 0. The molecule has 0 fully saturated rings. The molecule has 2 aromatic rings. The lowest BCUT2D eigenvalue weighted by Gasteiger charge is -2.28. The molecule has 24 heavy (non-hydrogen) atoms. The number of para-hydroxylation sites is 1. The van der Waals surface area contributed by atoms with Gasteiger partial charge in [0.15, 0.2) is 0 Å². The van der Waals surface area contributed by atoms with Crippen LogP contribution >= 0.6 is 0 Å². The zero-order valence-electron chi connectivity index (χ0n) is 13.7. The highest BCUT2D eigenvalue weighted by Gasteiger charge is 2.26. The minimum absolute atomic E-state index is 0.0865. The van der Waals surface area contributed by atoms with E-state index >= 15 is 0 Å². The van der Waals surface area contributed by atoms with Gasteiger partial charge in [-0.2, -0.15) is 0 Å². The molecule has 0 saturated heterocycles. The van der Waals surface area contributed by atoms with E-state index in [4.69, 9.17) is 4.74 Å².